The van der Waals surface area contributed by atoms with Crippen LogP contribution < -0.4 is 0 Å². The Balaban J connectivity index is 2.53. The molecule has 71 valence electrons. The number of aromatic nitrogens is 1. The number of rotatable bonds is 2. The van der Waals surface area contributed by atoms with Crippen molar-refractivity contribution in [3.8, 4) is 10.6 Å². The summed E-state index contributed by atoms with van der Waals surface area (Å²) in [6, 6.07) is 6.39. The van der Waals surface area contributed by atoms with Crippen LogP contribution in [0.15, 0.2) is 30.5 Å². The second kappa shape index (κ2) is 3.84. The molecule has 0 saturated carbocycles. The van der Waals surface area contributed by atoms with E-state index in [1.165, 1.54) is 23.6 Å². The van der Waals surface area contributed by atoms with Gasteiger partial charge < -0.3 is 0 Å². The van der Waals surface area contributed by atoms with E-state index in [1.807, 2.05) is 0 Å². The molecule has 0 aliphatic carbocycles. The van der Waals surface area contributed by atoms with Crippen molar-refractivity contribution in [3.05, 3.63) is 41.4 Å². The fourth-order valence-electron chi connectivity index (χ4n) is 1.20. The Hall–Kier alpha value is -1.29. The monoisotopic (exact) mass is 210 g/mol. The highest BCUT2D eigenvalue weighted by Gasteiger charge is 2.14. The van der Waals surface area contributed by atoms with Crippen LogP contribution in [-0.4, -0.2) is 4.98 Å². The minimum atomic E-state index is -2.46. The molecule has 0 amide bonds. The Kier molecular flexibility index (Phi) is 2.54. The molecule has 0 fully saturated rings. The van der Waals surface area contributed by atoms with Gasteiger partial charge in [-0.05, 0) is 0 Å². The summed E-state index contributed by atoms with van der Waals surface area (Å²) in [5.74, 6) is 0. The predicted octanol–water partition coefficient (Wildman–Crippen LogP) is 3.55. The lowest BCUT2D eigenvalue weighted by Crippen LogP contribution is -1.88. The minimum absolute atomic E-state index is 0.0239. The number of hydrogen-bond donors (Lipinski definition) is 0. The van der Waals surface area contributed by atoms with Crippen LogP contribution in [-0.2, 0) is 0 Å². The molecule has 14 heavy (non-hydrogen) atoms. The molecule has 1 aromatic carbocycles. The van der Waals surface area contributed by atoms with Crippen molar-refractivity contribution in [2.45, 2.75) is 6.43 Å². The first-order valence-corrected chi connectivity index (χ1v) is 4.80. The van der Waals surface area contributed by atoms with Crippen LogP contribution in [0.25, 0.3) is 10.6 Å². The van der Waals surface area contributed by atoms with Crippen molar-refractivity contribution >= 4 is 11.3 Å². The molecule has 0 saturated heterocycles. The Bertz CT molecular complexity index is 412. The fourth-order valence-corrected chi connectivity index (χ4v) is 1.82. The summed E-state index contributed by atoms with van der Waals surface area (Å²) < 4.78 is 25.2. The molecule has 0 N–H and O–H groups in total. The normalized spacial score (nSPS) is 10.8. The SMILES string of the molecule is FC(F)c1ccccc1-c1nc[c]s1. The third-order valence-electron chi connectivity index (χ3n) is 1.82. The zero-order valence-electron chi connectivity index (χ0n) is 7.08. The first-order valence-electron chi connectivity index (χ1n) is 3.98. The lowest BCUT2D eigenvalue weighted by Gasteiger charge is -2.04. The molecule has 4 heteroatoms. The van der Waals surface area contributed by atoms with Crippen LogP contribution in [0.3, 0.4) is 0 Å². The maximum Gasteiger partial charge on any atom is 0.264 e. The van der Waals surface area contributed by atoms with Gasteiger partial charge in [0.15, 0.2) is 0 Å². The number of benzene rings is 1. The van der Waals surface area contributed by atoms with E-state index in [9.17, 15) is 8.78 Å². The van der Waals surface area contributed by atoms with Crippen molar-refractivity contribution in [2.75, 3.05) is 0 Å². The first-order chi connectivity index (χ1) is 6.79. The summed E-state index contributed by atoms with van der Waals surface area (Å²) in [5, 5.41) is 3.36. The molecule has 0 bridgehead atoms. The average molecular weight is 210 g/mol. The van der Waals surface area contributed by atoms with Gasteiger partial charge in [0.05, 0.1) is 5.38 Å². The summed E-state index contributed by atoms with van der Waals surface area (Å²) in [7, 11) is 0. The Morgan fingerprint density at radius 3 is 2.71 bits per heavy atom. The van der Waals surface area contributed by atoms with Gasteiger partial charge in [0.25, 0.3) is 6.43 Å². The van der Waals surface area contributed by atoms with Gasteiger partial charge in [0.2, 0.25) is 0 Å². The zero-order chi connectivity index (χ0) is 9.97. The molecule has 2 aromatic rings. The third-order valence-corrected chi connectivity index (χ3v) is 2.56. The van der Waals surface area contributed by atoms with Crippen molar-refractivity contribution in [1.29, 1.82) is 0 Å². The van der Waals surface area contributed by atoms with Crippen molar-refractivity contribution in [2.24, 2.45) is 0 Å². The number of hydrogen-bond acceptors (Lipinski definition) is 2. The second-order valence-corrected chi connectivity index (χ2v) is 3.50. The first kappa shape index (κ1) is 9.27. The highest BCUT2D eigenvalue weighted by Crippen LogP contribution is 2.31. The molecular formula is C10H6F2NS. The Morgan fingerprint density at radius 2 is 2.07 bits per heavy atom. The molecule has 1 radical (unpaired) electrons. The van der Waals surface area contributed by atoms with E-state index in [0.717, 1.165) is 0 Å². The van der Waals surface area contributed by atoms with E-state index >= 15 is 0 Å². The van der Waals surface area contributed by atoms with Crippen LogP contribution in [0.4, 0.5) is 8.78 Å². The molecule has 0 aliphatic heterocycles. The maximum atomic E-state index is 12.6. The van der Waals surface area contributed by atoms with Crippen molar-refractivity contribution in [1.82, 2.24) is 4.98 Å². The van der Waals surface area contributed by atoms with Gasteiger partial charge in [-0.3, -0.25) is 0 Å². The van der Waals surface area contributed by atoms with E-state index in [0.29, 0.717) is 10.6 Å². The fraction of sp³-hybridized carbons (Fsp3) is 0.100. The number of halogens is 2. The predicted molar refractivity (Wildman–Crippen MR) is 51.3 cm³/mol. The summed E-state index contributed by atoms with van der Waals surface area (Å²) >= 11 is 1.24. The number of thiazole rings is 1. The van der Waals surface area contributed by atoms with Crippen LogP contribution in [0.2, 0.25) is 0 Å². The smallest absolute Gasteiger partial charge is 0.244 e. The number of nitrogens with zero attached hydrogens (tertiary/aromatic N) is 1. The second-order valence-electron chi connectivity index (χ2n) is 2.67. The largest absolute Gasteiger partial charge is 0.264 e. The molecule has 0 aliphatic rings. The van der Waals surface area contributed by atoms with Gasteiger partial charge in [-0.25, -0.2) is 13.8 Å². The third kappa shape index (κ3) is 1.65. The van der Waals surface area contributed by atoms with Crippen LogP contribution >= 0.6 is 11.3 Å². The summed E-state index contributed by atoms with van der Waals surface area (Å²) in [4.78, 5) is 3.96. The van der Waals surface area contributed by atoms with Crippen molar-refractivity contribution in [3.63, 3.8) is 0 Å². The van der Waals surface area contributed by atoms with Gasteiger partial charge in [0, 0.05) is 17.3 Å². The lowest BCUT2D eigenvalue weighted by atomic mass is 10.1. The molecule has 1 nitrogen and oxygen atoms in total. The van der Waals surface area contributed by atoms with Crippen LogP contribution in [0.1, 0.15) is 12.0 Å². The molecule has 0 spiro atoms. The van der Waals surface area contributed by atoms with Gasteiger partial charge >= 0.3 is 0 Å². The van der Waals surface area contributed by atoms with Crippen LogP contribution in [0, 0.1) is 5.38 Å². The Morgan fingerprint density at radius 1 is 1.29 bits per heavy atom. The molecule has 1 heterocycles. The minimum Gasteiger partial charge on any atom is -0.244 e. The zero-order valence-corrected chi connectivity index (χ0v) is 7.89. The Labute approximate surface area is 84.0 Å². The van der Waals surface area contributed by atoms with Gasteiger partial charge in [-0.15, -0.1) is 11.3 Å². The van der Waals surface area contributed by atoms with Gasteiger partial charge in [-0.2, -0.15) is 0 Å². The molecule has 0 unspecified atom stereocenters. The molecule has 0 atom stereocenters. The van der Waals surface area contributed by atoms with Crippen molar-refractivity contribution < 1.29 is 8.78 Å². The maximum absolute atomic E-state index is 12.6. The molecule has 2 rings (SSSR count). The van der Waals surface area contributed by atoms with E-state index in [2.05, 4.69) is 10.4 Å². The molecule has 1 aromatic heterocycles. The molecular weight excluding hydrogens is 204 g/mol. The topological polar surface area (TPSA) is 12.9 Å². The highest BCUT2D eigenvalue weighted by molar-refractivity contribution is 7.12. The number of alkyl halides is 2. The highest BCUT2D eigenvalue weighted by atomic mass is 32.1. The van der Waals surface area contributed by atoms with E-state index in [1.54, 1.807) is 18.2 Å². The van der Waals surface area contributed by atoms with E-state index < -0.39 is 6.43 Å². The van der Waals surface area contributed by atoms with E-state index in [4.69, 9.17) is 0 Å². The summed E-state index contributed by atoms with van der Waals surface area (Å²) in [6.07, 6.45) is -0.975. The quantitative estimate of drug-likeness (QED) is 0.738. The summed E-state index contributed by atoms with van der Waals surface area (Å²) in [6.45, 7) is 0. The lowest BCUT2D eigenvalue weighted by molar-refractivity contribution is 0.152. The summed E-state index contributed by atoms with van der Waals surface area (Å²) in [5.41, 5.74) is 0.518. The van der Waals surface area contributed by atoms with Gasteiger partial charge in [0.1, 0.15) is 5.01 Å². The average Bonchev–Trinajstić information content (AvgIpc) is 2.70. The van der Waals surface area contributed by atoms with Crippen LogP contribution in [0.5, 0.6) is 0 Å². The standard InChI is InChI=1S/C10H6F2NS/c11-9(12)7-3-1-2-4-8(7)10-13-5-6-14-10/h1-5,9H. The van der Waals surface area contributed by atoms with E-state index in [-0.39, 0.29) is 5.56 Å². The van der Waals surface area contributed by atoms with Gasteiger partial charge in [-0.1, -0.05) is 24.3 Å².